The lowest BCUT2D eigenvalue weighted by molar-refractivity contribution is 0.102. The van der Waals surface area contributed by atoms with Gasteiger partial charge < -0.3 is 5.32 Å². The number of nitrogens with zero attached hydrogens (tertiary/aromatic N) is 5. The molecule has 0 aliphatic carbocycles. The number of carbonyl (C=O) groups excluding carboxylic acids is 1. The van der Waals surface area contributed by atoms with E-state index in [0.717, 1.165) is 22.7 Å². The van der Waals surface area contributed by atoms with Gasteiger partial charge in [0.15, 0.2) is 0 Å². The molecular formula is C22H19FN6O. The molecule has 7 nitrogen and oxygen atoms in total. The standard InChI is InChI=1S/C22H19FN6O/c1-13(2)20-14(9-24)5-7-18(23)21(20)22(30)27-16-6-4-15-10-26-29(19(15)8-16)17-11-25-28(3)12-17/h4-8,10-13H,1-3H3,(H,27,30). The van der Waals surface area contributed by atoms with Gasteiger partial charge >= 0.3 is 0 Å². The SMILES string of the molecule is CC(C)c1c(C#N)ccc(F)c1C(=O)Nc1ccc2cnn(-c3cnn(C)c3)c2c1. The summed E-state index contributed by atoms with van der Waals surface area (Å²) >= 11 is 0. The number of nitrogens with one attached hydrogen (secondary N) is 1. The molecule has 0 saturated carbocycles. The van der Waals surface area contributed by atoms with Gasteiger partial charge in [-0.2, -0.15) is 15.5 Å². The van der Waals surface area contributed by atoms with Crippen molar-refractivity contribution < 1.29 is 9.18 Å². The Morgan fingerprint density at radius 1 is 1.20 bits per heavy atom. The zero-order chi connectivity index (χ0) is 21.4. The van der Waals surface area contributed by atoms with Gasteiger partial charge in [-0.1, -0.05) is 13.8 Å². The summed E-state index contributed by atoms with van der Waals surface area (Å²) in [7, 11) is 1.82. The van der Waals surface area contributed by atoms with Crippen LogP contribution in [0.2, 0.25) is 0 Å². The molecule has 0 bridgehead atoms. The third-order valence-electron chi connectivity index (χ3n) is 4.88. The summed E-state index contributed by atoms with van der Waals surface area (Å²) in [6.07, 6.45) is 5.24. The van der Waals surface area contributed by atoms with Crippen LogP contribution in [0.15, 0.2) is 48.9 Å². The molecule has 0 unspecified atom stereocenters. The summed E-state index contributed by atoms with van der Waals surface area (Å²) in [6.45, 7) is 3.65. The number of anilines is 1. The third kappa shape index (κ3) is 3.31. The second kappa shape index (κ2) is 7.44. The van der Waals surface area contributed by atoms with E-state index >= 15 is 0 Å². The van der Waals surface area contributed by atoms with Crippen molar-refractivity contribution in [3.63, 3.8) is 0 Å². The van der Waals surface area contributed by atoms with Gasteiger partial charge in [0.2, 0.25) is 0 Å². The van der Waals surface area contributed by atoms with E-state index in [9.17, 15) is 14.4 Å². The molecule has 0 radical (unpaired) electrons. The number of nitriles is 1. The van der Waals surface area contributed by atoms with E-state index < -0.39 is 11.7 Å². The van der Waals surface area contributed by atoms with Crippen molar-refractivity contribution in [1.82, 2.24) is 19.6 Å². The Morgan fingerprint density at radius 3 is 2.67 bits per heavy atom. The number of aromatic nitrogens is 4. The van der Waals surface area contributed by atoms with Crippen LogP contribution in [0, 0.1) is 17.1 Å². The number of rotatable bonds is 4. The summed E-state index contributed by atoms with van der Waals surface area (Å²) < 4.78 is 18.0. The maximum Gasteiger partial charge on any atom is 0.258 e. The smallest absolute Gasteiger partial charge is 0.258 e. The zero-order valence-electron chi connectivity index (χ0n) is 16.7. The summed E-state index contributed by atoms with van der Waals surface area (Å²) in [6, 6.07) is 9.94. The zero-order valence-corrected chi connectivity index (χ0v) is 16.7. The fourth-order valence-electron chi connectivity index (χ4n) is 3.53. The molecule has 4 rings (SSSR count). The number of halogens is 1. The molecule has 2 heterocycles. The molecule has 2 aromatic heterocycles. The molecule has 4 aromatic rings. The lowest BCUT2D eigenvalue weighted by Crippen LogP contribution is -2.18. The van der Waals surface area contributed by atoms with Crippen molar-refractivity contribution >= 4 is 22.5 Å². The minimum atomic E-state index is -0.656. The van der Waals surface area contributed by atoms with Crippen LogP contribution < -0.4 is 5.32 Å². The Hall–Kier alpha value is -3.99. The van der Waals surface area contributed by atoms with E-state index in [4.69, 9.17) is 0 Å². The largest absolute Gasteiger partial charge is 0.322 e. The summed E-state index contributed by atoms with van der Waals surface area (Å²) in [4.78, 5) is 13.0. The highest BCUT2D eigenvalue weighted by Gasteiger charge is 2.22. The Bertz CT molecular complexity index is 1310. The highest BCUT2D eigenvalue weighted by atomic mass is 19.1. The first-order valence-corrected chi connectivity index (χ1v) is 9.39. The Kier molecular flexibility index (Phi) is 4.80. The Labute approximate surface area is 172 Å². The Balaban J connectivity index is 1.74. The van der Waals surface area contributed by atoms with Crippen molar-refractivity contribution in [3.8, 4) is 11.8 Å². The average Bonchev–Trinajstić information content (AvgIpc) is 3.33. The first-order valence-electron chi connectivity index (χ1n) is 9.39. The van der Waals surface area contributed by atoms with E-state index in [2.05, 4.69) is 15.5 Å². The van der Waals surface area contributed by atoms with E-state index in [-0.39, 0.29) is 11.5 Å². The van der Waals surface area contributed by atoms with Crippen LogP contribution in [-0.4, -0.2) is 25.5 Å². The fourth-order valence-corrected chi connectivity index (χ4v) is 3.53. The van der Waals surface area contributed by atoms with Crippen LogP contribution >= 0.6 is 0 Å². The summed E-state index contributed by atoms with van der Waals surface area (Å²) in [5.74, 6) is -1.44. The number of carbonyl (C=O) groups is 1. The molecule has 0 fully saturated rings. The van der Waals surface area contributed by atoms with Crippen molar-refractivity contribution in [3.05, 3.63) is 71.4 Å². The minimum Gasteiger partial charge on any atom is -0.322 e. The van der Waals surface area contributed by atoms with Crippen LogP contribution in [0.3, 0.4) is 0 Å². The molecule has 1 N–H and O–H groups in total. The van der Waals surface area contributed by atoms with Gasteiger partial charge in [0.1, 0.15) is 11.5 Å². The van der Waals surface area contributed by atoms with Gasteiger partial charge in [-0.25, -0.2) is 9.07 Å². The Morgan fingerprint density at radius 2 is 2.00 bits per heavy atom. The molecular weight excluding hydrogens is 383 g/mol. The normalized spacial score (nSPS) is 11.1. The fraction of sp³-hybridized carbons (Fsp3) is 0.182. The predicted molar refractivity (Wildman–Crippen MR) is 111 cm³/mol. The number of fused-ring (bicyclic) bond motifs is 1. The molecule has 150 valence electrons. The van der Waals surface area contributed by atoms with Crippen LogP contribution in [0.5, 0.6) is 0 Å². The monoisotopic (exact) mass is 402 g/mol. The van der Waals surface area contributed by atoms with E-state index in [1.165, 1.54) is 6.07 Å². The van der Waals surface area contributed by atoms with E-state index in [1.54, 1.807) is 33.9 Å². The molecule has 30 heavy (non-hydrogen) atoms. The number of hydrogen-bond donors (Lipinski definition) is 1. The van der Waals surface area contributed by atoms with E-state index in [0.29, 0.717) is 16.8 Å². The molecule has 8 heteroatoms. The first-order chi connectivity index (χ1) is 14.4. The van der Waals surface area contributed by atoms with Crippen molar-refractivity contribution in [2.75, 3.05) is 5.32 Å². The quantitative estimate of drug-likeness (QED) is 0.555. The number of amides is 1. The first kappa shape index (κ1) is 19.3. The third-order valence-corrected chi connectivity index (χ3v) is 4.88. The lowest BCUT2D eigenvalue weighted by atomic mass is 9.91. The minimum absolute atomic E-state index is 0.107. The van der Waals surface area contributed by atoms with Gasteiger partial charge in [-0.3, -0.25) is 9.48 Å². The average molecular weight is 402 g/mol. The van der Waals surface area contributed by atoms with Crippen LogP contribution in [0.1, 0.15) is 41.3 Å². The molecule has 0 aliphatic rings. The maximum absolute atomic E-state index is 14.6. The topological polar surface area (TPSA) is 88.5 Å². The van der Waals surface area contributed by atoms with Crippen molar-refractivity contribution in [1.29, 1.82) is 5.26 Å². The number of hydrogen-bond acceptors (Lipinski definition) is 4. The highest BCUT2D eigenvalue weighted by Crippen LogP contribution is 2.28. The van der Waals surface area contributed by atoms with Gasteiger partial charge in [-0.15, -0.1) is 0 Å². The number of aryl methyl sites for hydroxylation is 1. The molecule has 0 saturated heterocycles. The van der Waals surface area contributed by atoms with Crippen LogP contribution in [0.4, 0.5) is 10.1 Å². The second-order valence-corrected chi connectivity index (χ2v) is 7.31. The van der Waals surface area contributed by atoms with Crippen LogP contribution in [0.25, 0.3) is 16.6 Å². The molecule has 0 atom stereocenters. The summed E-state index contributed by atoms with van der Waals surface area (Å²) in [5.41, 5.74) is 2.64. The van der Waals surface area contributed by atoms with Gasteiger partial charge in [0, 0.05) is 18.1 Å². The summed E-state index contributed by atoms with van der Waals surface area (Å²) in [5, 5.41) is 21.6. The van der Waals surface area contributed by atoms with Gasteiger partial charge in [-0.05, 0) is 41.8 Å². The second-order valence-electron chi connectivity index (χ2n) is 7.31. The van der Waals surface area contributed by atoms with Crippen molar-refractivity contribution in [2.24, 2.45) is 7.05 Å². The van der Waals surface area contributed by atoms with Gasteiger partial charge in [0.05, 0.1) is 41.3 Å². The molecule has 1 amide bonds. The van der Waals surface area contributed by atoms with Gasteiger partial charge in [0.25, 0.3) is 5.91 Å². The predicted octanol–water partition coefficient (Wildman–Crippen LogP) is 4.15. The van der Waals surface area contributed by atoms with Crippen LogP contribution in [-0.2, 0) is 7.05 Å². The maximum atomic E-state index is 14.6. The molecule has 0 spiro atoms. The highest BCUT2D eigenvalue weighted by molar-refractivity contribution is 6.06. The molecule has 0 aliphatic heterocycles. The number of benzene rings is 2. The molecule has 2 aromatic carbocycles. The van der Waals surface area contributed by atoms with E-state index in [1.807, 2.05) is 39.2 Å². The lowest BCUT2D eigenvalue weighted by Gasteiger charge is -2.15. The van der Waals surface area contributed by atoms with Crippen molar-refractivity contribution in [2.45, 2.75) is 19.8 Å².